The lowest BCUT2D eigenvalue weighted by atomic mass is 10.1. The van der Waals surface area contributed by atoms with Crippen molar-refractivity contribution >= 4 is 46.3 Å². The lowest BCUT2D eigenvalue weighted by molar-refractivity contribution is -0.122. The van der Waals surface area contributed by atoms with Gasteiger partial charge in [0.1, 0.15) is 17.0 Å². The van der Waals surface area contributed by atoms with Gasteiger partial charge < -0.3 is 19.7 Å². The molecule has 31 heavy (non-hydrogen) atoms. The summed E-state index contributed by atoms with van der Waals surface area (Å²) in [4.78, 5) is 28.1. The summed E-state index contributed by atoms with van der Waals surface area (Å²) in [6, 6.07) is 12.8. The van der Waals surface area contributed by atoms with Crippen LogP contribution in [-0.4, -0.2) is 42.8 Å². The molecule has 4 rings (SSSR count). The Kier molecular flexibility index (Phi) is 6.38. The van der Waals surface area contributed by atoms with Gasteiger partial charge in [0.2, 0.25) is 11.8 Å². The van der Waals surface area contributed by atoms with Crippen molar-refractivity contribution in [3.05, 3.63) is 48.0 Å². The second-order valence-corrected chi connectivity index (χ2v) is 8.86. The van der Waals surface area contributed by atoms with Crippen LogP contribution in [-0.2, 0) is 9.59 Å². The zero-order chi connectivity index (χ0) is 21.8. The third-order valence-electron chi connectivity index (χ3n) is 4.86. The molecule has 1 fully saturated rings. The van der Waals surface area contributed by atoms with E-state index in [1.54, 1.807) is 35.7 Å². The van der Waals surface area contributed by atoms with Gasteiger partial charge in [-0.3, -0.25) is 9.59 Å². The molecule has 1 aliphatic rings. The van der Waals surface area contributed by atoms with Crippen molar-refractivity contribution in [3.8, 4) is 11.5 Å². The van der Waals surface area contributed by atoms with Crippen molar-refractivity contribution in [2.75, 3.05) is 31.0 Å². The predicted molar refractivity (Wildman–Crippen MR) is 119 cm³/mol. The molecule has 1 unspecified atom stereocenters. The van der Waals surface area contributed by atoms with E-state index in [-0.39, 0.29) is 24.8 Å². The van der Waals surface area contributed by atoms with Crippen LogP contribution in [0.15, 0.2) is 57.2 Å². The van der Waals surface area contributed by atoms with Crippen molar-refractivity contribution < 1.29 is 19.1 Å². The van der Waals surface area contributed by atoms with Crippen LogP contribution < -0.4 is 19.7 Å². The van der Waals surface area contributed by atoms with Crippen molar-refractivity contribution in [1.29, 1.82) is 0 Å². The van der Waals surface area contributed by atoms with E-state index in [1.807, 2.05) is 24.3 Å². The lowest BCUT2D eigenvalue weighted by Crippen LogP contribution is -2.28. The number of methoxy groups -OCH3 is 2. The van der Waals surface area contributed by atoms with E-state index in [4.69, 9.17) is 9.47 Å². The first-order valence-corrected chi connectivity index (χ1v) is 11.1. The summed E-state index contributed by atoms with van der Waals surface area (Å²) in [5, 5.41) is 10.9. The third kappa shape index (κ3) is 4.64. The Bertz CT molecular complexity index is 1090. The van der Waals surface area contributed by atoms with Crippen LogP contribution in [0.1, 0.15) is 6.42 Å². The molecule has 0 aliphatic carbocycles. The van der Waals surface area contributed by atoms with Gasteiger partial charge in [-0.15, -0.1) is 10.2 Å². The standard InChI is InChI=1S/C21H20N4O4S2/c1-28-14-7-8-16(17(10-14)29-2)25-11-13(9-19(25)26)20(27)23-15-5-3-4-6-18(15)31-21-24-22-12-30-21/h3-8,10,12-13H,9,11H2,1-2H3,(H,23,27). The summed E-state index contributed by atoms with van der Waals surface area (Å²) in [6.07, 6.45) is 0.132. The summed E-state index contributed by atoms with van der Waals surface area (Å²) < 4.78 is 11.4. The van der Waals surface area contributed by atoms with Crippen LogP contribution >= 0.6 is 23.1 Å². The van der Waals surface area contributed by atoms with E-state index in [9.17, 15) is 9.59 Å². The maximum absolute atomic E-state index is 13.0. The van der Waals surface area contributed by atoms with E-state index >= 15 is 0 Å². The Hall–Kier alpha value is -3.11. The van der Waals surface area contributed by atoms with Gasteiger partial charge >= 0.3 is 0 Å². The number of amides is 2. The van der Waals surface area contributed by atoms with Crippen LogP contribution in [0.4, 0.5) is 11.4 Å². The minimum atomic E-state index is -0.473. The first-order valence-electron chi connectivity index (χ1n) is 9.45. The Morgan fingerprint density at radius 2 is 2.06 bits per heavy atom. The van der Waals surface area contributed by atoms with Gasteiger partial charge in [-0.05, 0) is 24.3 Å². The van der Waals surface area contributed by atoms with E-state index in [0.717, 1.165) is 9.24 Å². The molecule has 1 atom stereocenters. The number of nitrogens with one attached hydrogen (secondary N) is 1. The van der Waals surface area contributed by atoms with Gasteiger partial charge in [-0.2, -0.15) is 0 Å². The summed E-state index contributed by atoms with van der Waals surface area (Å²) >= 11 is 2.87. The molecule has 3 aromatic rings. The normalized spacial score (nSPS) is 15.7. The van der Waals surface area contributed by atoms with Crippen molar-refractivity contribution in [1.82, 2.24) is 10.2 Å². The van der Waals surface area contributed by atoms with Crippen LogP contribution in [0.5, 0.6) is 11.5 Å². The summed E-state index contributed by atoms with van der Waals surface area (Å²) in [5.41, 5.74) is 2.96. The number of nitrogens with zero attached hydrogens (tertiary/aromatic N) is 3. The molecule has 1 aliphatic heterocycles. The molecule has 0 spiro atoms. The monoisotopic (exact) mass is 456 g/mol. The van der Waals surface area contributed by atoms with Crippen molar-refractivity contribution in [3.63, 3.8) is 0 Å². The quantitative estimate of drug-likeness (QED) is 0.579. The molecular formula is C21H20N4O4S2. The summed E-state index contributed by atoms with van der Waals surface area (Å²) in [5.74, 6) is 0.353. The molecular weight excluding hydrogens is 436 g/mol. The van der Waals surface area contributed by atoms with Crippen LogP contribution in [0.25, 0.3) is 0 Å². The maximum Gasteiger partial charge on any atom is 0.229 e. The molecule has 1 saturated heterocycles. The molecule has 0 radical (unpaired) electrons. The van der Waals surface area contributed by atoms with E-state index < -0.39 is 5.92 Å². The molecule has 2 amide bonds. The molecule has 0 saturated carbocycles. The average Bonchev–Trinajstić information content (AvgIpc) is 3.44. The molecule has 2 heterocycles. The molecule has 160 valence electrons. The topological polar surface area (TPSA) is 93.6 Å². The lowest BCUT2D eigenvalue weighted by Gasteiger charge is -2.20. The highest BCUT2D eigenvalue weighted by molar-refractivity contribution is 8.01. The second kappa shape index (κ2) is 9.36. The number of anilines is 2. The largest absolute Gasteiger partial charge is 0.497 e. The Labute approximate surface area is 187 Å². The zero-order valence-corrected chi connectivity index (χ0v) is 18.5. The van der Waals surface area contributed by atoms with Crippen LogP contribution in [0.3, 0.4) is 0 Å². The van der Waals surface area contributed by atoms with Gasteiger partial charge in [0.05, 0.1) is 31.5 Å². The average molecular weight is 457 g/mol. The SMILES string of the molecule is COc1ccc(N2CC(C(=O)Nc3ccccc3Sc3nncs3)CC2=O)c(OC)c1. The highest BCUT2D eigenvalue weighted by Crippen LogP contribution is 2.37. The van der Waals surface area contributed by atoms with E-state index in [2.05, 4.69) is 15.5 Å². The minimum absolute atomic E-state index is 0.125. The molecule has 0 bridgehead atoms. The summed E-state index contributed by atoms with van der Waals surface area (Å²) in [7, 11) is 3.10. The first-order chi connectivity index (χ1) is 15.1. The highest BCUT2D eigenvalue weighted by atomic mass is 32.2. The molecule has 2 aromatic carbocycles. The summed E-state index contributed by atoms with van der Waals surface area (Å²) in [6.45, 7) is 0.277. The van der Waals surface area contributed by atoms with Gasteiger partial charge in [-0.1, -0.05) is 35.2 Å². The first kappa shape index (κ1) is 21.1. The Morgan fingerprint density at radius 3 is 2.81 bits per heavy atom. The molecule has 8 nitrogen and oxygen atoms in total. The van der Waals surface area contributed by atoms with Crippen molar-refractivity contribution in [2.45, 2.75) is 15.7 Å². The number of para-hydroxylation sites is 1. The smallest absolute Gasteiger partial charge is 0.229 e. The predicted octanol–water partition coefficient (Wildman–Crippen LogP) is 3.70. The number of carbonyl (C=O) groups is 2. The molecule has 10 heteroatoms. The van der Waals surface area contributed by atoms with Gasteiger partial charge in [0, 0.05) is 23.9 Å². The zero-order valence-electron chi connectivity index (χ0n) is 16.9. The number of rotatable bonds is 7. The number of ether oxygens (including phenoxy) is 2. The van der Waals surface area contributed by atoms with E-state index in [0.29, 0.717) is 22.9 Å². The molecule has 1 N–H and O–H groups in total. The fourth-order valence-corrected chi connectivity index (χ4v) is 4.84. The number of aromatic nitrogens is 2. The maximum atomic E-state index is 13.0. The molecule has 1 aromatic heterocycles. The fourth-order valence-electron chi connectivity index (χ4n) is 3.32. The highest BCUT2D eigenvalue weighted by Gasteiger charge is 2.36. The Balaban J connectivity index is 1.49. The number of benzene rings is 2. The third-order valence-corrected chi connectivity index (χ3v) is 6.71. The van der Waals surface area contributed by atoms with Gasteiger partial charge in [0.15, 0.2) is 4.34 Å². The fraction of sp³-hybridized carbons (Fsp3) is 0.238. The second-order valence-electron chi connectivity index (χ2n) is 6.74. The minimum Gasteiger partial charge on any atom is -0.497 e. The van der Waals surface area contributed by atoms with Crippen LogP contribution in [0.2, 0.25) is 0 Å². The van der Waals surface area contributed by atoms with Gasteiger partial charge in [-0.25, -0.2) is 0 Å². The number of hydrogen-bond donors (Lipinski definition) is 1. The van der Waals surface area contributed by atoms with E-state index in [1.165, 1.54) is 30.2 Å². The Morgan fingerprint density at radius 1 is 1.23 bits per heavy atom. The van der Waals surface area contributed by atoms with Crippen LogP contribution in [0, 0.1) is 5.92 Å². The number of carbonyl (C=O) groups excluding carboxylic acids is 2. The van der Waals surface area contributed by atoms with Gasteiger partial charge in [0.25, 0.3) is 0 Å². The number of hydrogen-bond acceptors (Lipinski definition) is 8. The van der Waals surface area contributed by atoms with Crippen molar-refractivity contribution in [2.24, 2.45) is 5.92 Å².